The molecular weight excluding hydrogens is 310 g/mol. The number of hydrogen-bond donors (Lipinski definition) is 2. The number of imide groups is 1. The second-order valence-electron chi connectivity index (χ2n) is 4.65. The molecule has 5 nitrogen and oxygen atoms in total. The Bertz CT molecular complexity index is 585. The molecule has 0 bridgehead atoms. The smallest absolute Gasteiger partial charge is 0.290 e. The Labute approximate surface area is 133 Å². The minimum atomic E-state index is -0.310. The van der Waals surface area contributed by atoms with E-state index in [1.165, 1.54) is 0 Å². The van der Waals surface area contributed by atoms with Crippen molar-refractivity contribution < 1.29 is 9.59 Å². The molecule has 2 saturated heterocycles. The van der Waals surface area contributed by atoms with Crippen molar-refractivity contribution in [3.8, 4) is 0 Å². The van der Waals surface area contributed by atoms with Gasteiger partial charge in [0.2, 0.25) is 0 Å². The molecule has 112 valence electrons. The highest BCUT2D eigenvalue weighted by molar-refractivity contribution is 8.18. The normalized spacial score (nSPS) is 20.4. The van der Waals surface area contributed by atoms with E-state index in [0.29, 0.717) is 4.91 Å². The largest absolute Gasteiger partial charge is 0.369 e. The number of thioether (sulfide) groups is 1. The van der Waals surface area contributed by atoms with Crippen molar-refractivity contribution in [2.24, 2.45) is 0 Å². The topological polar surface area (TPSA) is 61.4 Å². The average molecular weight is 326 g/mol. The molecule has 21 heavy (non-hydrogen) atoms. The molecular formula is C14H16ClN3O2S. The van der Waals surface area contributed by atoms with Gasteiger partial charge in [0, 0.05) is 31.9 Å². The molecule has 0 aromatic heterocycles. The molecule has 2 aliphatic rings. The van der Waals surface area contributed by atoms with Gasteiger partial charge in [-0.25, -0.2) is 0 Å². The number of halogens is 1. The Kier molecular flexibility index (Phi) is 5.27. The fourth-order valence-corrected chi connectivity index (χ4v) is 3.04. The summed E-state index contributed by atoms with van der Waals surface area (Å²) >= 11 is 0.955. The number of piperazine rings is 1. The van der Waals surface area contributed by atoms with E-state index in [4.69, 9.17) is 0 Å². The third kappa shape index (κ3) is 3.58. The third-order valence-corrected chi connectivity index (χ3v) is 4.13. The molecule has 7 heteroatoms. The monoisotopic (exact) mass is 325 g/mol. The van der Waals surface area contributed by atoms with Gasteiger partial charge in [-0.05, 0) is 29.5 Å². The van der Waals surface area contributed by atoms with Crippen LogP contribution in [-0.4, -0.2) is 37.3 Å². The highest BCUT2D eigenvalue weighted by Crippen LogP contribution is 2.29. The number of benzene rings is 1. The average Bonchev–Trinajstić information content (AvgIpc) is 2.78. The van der Waals surface area contributed by atoms with Crippen molar-refractivity contribution >= 4 is 47.1 Å². The van der Waals surface area contributed by atoms with Gasteiger partial charge in [0.1, 0.15) is 0 Å². The first-order chi connectivity index (χ1) is 9.74. The maximum atomic E-state index is 11.6. The van der Waals surface area contributed by atoms with E-state index in [2.05, 4.69) is 21.6 Å². The number of carbonyl (C=O) groups excluding carboxylic acids is 2. The Morgan fingerprint density at radius 3 is 2.52 bits per heavy atom. The number of anilines is 1. The summed E-state index contributed by atoms with van der Waals surface area (Å²) < 4.78 is 0. The third-order valence-electron chi connectivity index (χ3n) is 3.32. The van der Waals surface area contributed by atoms with Crippen LogP contribution in [0.25, 0.3) is 6.08 Å². The van der Waals surface area contributed by atoms with Crippen LogP contribution < -0.4 is 15.5 Å². The fourth-order valence-electron chi connectivity index (χ4n) is 2.37. The van der Waals surface area contributed by atoms with Crippen LogP contribution in [0.3, 0.4) is 0 Å². The Morgan fingerprint density at radius 1 is 1.14 bits per heavy atom. The van der Waals surface area contributed by atoms with Crippen LogP contribution in [0.2, 0.25) is 0 Å². The predicted octanol–water partition coefficient (Wildman–Crippen LogP) is 1.84. The van der Waals surface area contributed by atoms with Crippen LogP contribution in [0.1, 0.15) is 5.56 Å². The minimum absolute atomic E-state index is 0. The van der Waals surface area contributed by atoms with Crippen molar-refractivity contribution in [2.45, 2.75) is 0 Å². The van der Waals surface area contributed by atoms with E-state index in [9.17, 15) is 9.59 Å². The second-order valence-corrected chi connectivity index (χ2v) is 5.66. The molecule has 2 amide bonds. The Morgan fingerprint density at radius 2 is 1.86 bits per heavy atom. The number of amides is 2. The van der Waals surface area contributed by atoms with Crippen molar-refractivity contribution in [1.82, 2.24) is 10.6 Å². The summed E-state index contributed by atoms with van der Waals surface area (Å²) in [5, 5.41) is 5.29. The van der Waals surface area contributed by atoms with E-state index >= 15 is 0 Å². The van der Waals surface area contributed by atoms with Crippen LogP contribution in [0.15, 0.2) is 29.2 Å². The van der Waals surface area contributed by atoms with Crippen LogP contribution >= 0.6 is 24.2 Å². The van der Waals surface area contributed by atoms with E-state index < -0.39 is 0 Å². The summed E-state index contributed by atoms with van der Waals surface area (Å²) in [5.74, 6) is -0.310. The first-order valence-corrected chi connectivity index (χ1v) is 7.35. The summed E-state index contributed by atoms with van der Waals surface area (Å²) in [4.78, 5) is 25.6. The van der Waals surface area contributed by atoms with Gasteiger partial charge in [0.25, 0.3) is 11.1 Å². The van der Waals surface area contributed by atoms with Gasteiger partial charge >= 0.3 is 0 Å². The van der Waals surface area contributed by atoms with Gasteiger partial charge in [-0.1, -0.05) is 18.2 Å². The van der Waals surface area contributed by atoms with Crippen molar-refractivity contribution in [3.63, 3.8) is 0 Å². The van der Waals surface area contributed by atoms with Gasteiger partial charge < -0.3 is 10.2 Å². The van der Waals surface area contributed by atoms with E-state index in [1.54, 1.807) is 6.08 Å². The molecule has 2 heterocycles. The van der Waals surface area contributed by atoms with Gasteiger partial charge in [-0.2, -0.15) is 0 Å². The molecule has 2 N–H and O–H groups in total. The highest BCUT2D eigenvalue weighted by atomic mass is 35.5. The molecule has 0 aliphatic carbocycles. The molecule has 0 unspecified atom stereocenters. The van der Waals surface area contributed by atoms with Crippen molar-refractivity contribution in [1.29, 1.82) is 0 Å². The number of para-hydroxylation sites is 1. The zero-order valence-electron chi connectivity index (χ0n) is 11.3. The molecule has 0 radical (unpaired) electrons. The van der Waals surface area contributed by atoms with Crippen LogP contribution in [0.4, 0.5) is 10.5 Å². The SMILES string of the molecule is Cl.O=C1NC(=O)/C(=C/c2ccccc2N2CCNCC2)S1. The quantitative estimate of drug-likeness (QED) is 0.813. The molecule has 0 saturated carbocycles. The lowest BCUT2D eigenvalue weighted by molar-refractivity contribution is -0.115. The Balaban J connectivity index is 0.00000161. The molecule has 1 aromatic carbocycles. The van der Waals surface area contributed by atoms with Crippen LogP contribution in [0, 0.1) is 0 Å². The van der Waals surface area contributed by atoms with Gasteiger partial charge in [-0.15, -0.1) is 12.4 Å². The predicted molar refractivity (Wildman–Crippen MR) is 87.9 cm³/mol. The number of rotatable bonds is 2. The summed E-state index contributed by atoms with van der Waals surface area (Å²) in [6.45, 7) is 3.80. The van der Waals surface area contributed by atoms with E-state index in [1.807, 2.05) is 18.2 Å². The lowest BCUT2D eigenvalue weighted by Crippen LogP contribution is -2.43. The molecule has 0 atom stereocenters. The highest BCUT2D eigenvalue weighted by Gasteiger charge is 2.25. The zero-order chi connectivity index (χ0) is 13.9. The summed E-state index contributed by atoms with van der Waals surface area (Å²) in [7, 11) is 0. The first-order valence-electron chi connectivity index (χ1n) is 6.53. The van der Waals surface area contributed by atoms with Gasteiger partial charge in [-0.3, -0.25) is 14.9 Å². The zero-order valence-corrected chi connectivity index (χ0v) is 12.9. The van der Waals surface area contributed by atoms with E-state index in [0.717, 1.165) is 49.2 Å². The molecule has 1 aromatic rings. The summed E-state index contributed by atoms with van der Waals surface area (Å²) in [5.41, 5.74) is 2.08. The van der Waals surface area contributed by atoms with Crippen LogP contribution in [0.5, 0.6) is 0 Å². The lowest BCUT2D eigenvalue weighted by Gasteiger charge is -2.30. The van der Waals surface area contributed by atoms with E-state index in [-0.39, 0.29) is 23.6 Å². The van der Waals surface area contributed by atoms with Crippen molar-refractivity contribution in [2.75, 3.05) is 31.1 Å². The maximum absolute atomic E-state index is 11.6. The molecule has 2 fully saturated rings. The van der Waals surface area contributed by atoms with Gasteiger partial charge in [0.05, 0.1) is 4.91 Å². The Hall–Kier alpha value is -1.50. The minimum Gasteiger partial charge on any atom is -0.369 e. The molecule has 2 aliphatic heterocycles. The first kappa shape index (κ1) is 15.9. The lowest BCUT2D eigenvalue weighted by atomic mass is 10.1. The molecule has 0 spiro atoms. The number of nitrogens with one attached hydrogen (secondary N) is 2. The fraction of sp³-hybridized carbons (Fsp3) is 0.286. The number of carbonyl (C=O) groups is 2. The standard InChI is InChI=1S/C14H15N3O2S.ClH/c18-13-12(20-14(19)16-13)9-10-3-1-2-4-11(10)17-7-5-15-6-8-17;/h1-4,9,15H,5-8H2,(H,16,18,19);1H/b12-9-;. The maximum Gasteiger partial charge on any atom is 0.290 e. The number of nitrogens with zero attached hydrogens (tertiary/aromatic N) is 1. The van der Waals surface area contributed by atoms with Gasteiger partial charge in [0.15, 0.2) is 0 Å². The molecule has 3 rings (SSSR count). The summed E-state index contributed by atoms with van der Waals surface area (Å²) in [6, 6.07) is 7.96. The van der Waals surface area contributed by atoms with Crippen LogP contribution in [-0.2, 0) is 4.79 Å². The van der Waals surface area contributed by atoms with Crippen molar-refractivity contribution in [3.05, 3.63) is 34.7 Å². The second kappa shape index (κ2) is 6.98. The number of hydrogen-bond acceptors (Lipinski definition) is 5. The summed E-state index contributed by atoms with van der Waals surface area (Å²) in [6.07, 6.45) is 1.79.